The molecular formula is C9H21ErO3. The Morgan fingerprint density at radius 1 is 0.538 bits per heavy atom. The van der Waals surface area contributed by atoms with E-state index in [9.17, 15) is 15.3 Å². The molecular weight excluding hydrogens is 323 g/mol. The van der Waals surface area contributed by atoms with E-state index in [1.165, 1.54) is 0 Å². The van der Waals surface area contributed by atoms with Gasteiger partial charge in [-0.25, -0.2) is 0 Å². The Labute approximate surface area is 112 Å². The fourth-order valence-electron chi connectivity index (χ4n) is 0. The molecule has 4 heteroatoms. The van der Waals surface area contributed by atoms with Gasteiger partial charge in [0.15, 0.2) is 0 Å². The van der Waals surface area contributed by atoms with Gasteiger partial charge in [0.05, 0.1) is 0 Å². The van der Waals surface area contributed by atoms with Crippen LogP contribution in [0.4, 0.5) is 0 Å². The summed E-state index contributed by atoms with van der Waals surface area (Å²) in [6.07, 6.45) is -1.25. The minimum atomic E-state index is -0.417. The van der Waals surface area contributed by atoms with Crippen molar-refractivity contribution in [1.29, 1.82) is 0 Å². The molecule has 87 valence electrons. The van der Waals surface area contributed by atoms with Crippen molar-refractivity contribution in [2.45, 2.75) is 59.9 Å². The van der Waals surface area contributed by atoms with Crippen LogP contribution in [0.2, 0.25) is 0 Å². The van der Waals surface area contributed by atoms with E-state index in [0.29, 0.717) is 0 Å². The van der Waals surface area contributed by atoms with Gasteiger partial charge in [0.25, 0.3) is 0 Å². The number of rotatable bonds is 0. The van der Waals surface area contributed by atoms with Crippen molar-refractivity contribution < 1.29 is 52.6 Å². The van der Waals surface area contributed by atoms with Gasteiger partial charge >= 0.3 is 37.3 Å². The zero-order valence-corrected chi connectivity index (χ0v) is 11.1. The van der Waals surface area contributed by atoms with Crippen molar-refractivity contribution in [3.8, 4) is 0 Å². The van der Waals surface area contributed by atoms with Gasteiger partial charge in [-0.3, -0.25) is 0 Å². The third-order valence-electron chi connectivity index (χ3n) is 0. The molecule has 0 atom stereocenters. The van der Waals surface area contributed by atoms with Gasteiger partial charge in [-0.05, 0) is 0 Å². The van der Waals surface area contributed by atoms with E-state index in [-0.39, 0.29) is 37.3 Å². The minimum absolute atomic E-state index is 0. The summed E-state index contributed by atoms with van der Waals surface area (Å²) in [6, 6.07) is 0. The molecule has 0 bridgehead atoms. The average Bonchev–Trinajstić information content (AvgIpc) is 1.54. The van der Waals surface area contributed by atoms with Crippen LogP contribution in [0.15, 0.2) is 0 Å². The zero-order chi connectivity index (χ0) is 10.7. The zero-order valence-electron chi connectivity index (χ0n) is 9.25. The van der Waals surface area contributed by atoms with Crippen molar-refractivity contribution in [2.75, 3.05) is 0 Å². The second-order valence-corrected chi connectivity index (χ2v) is 3.15. The summed E-state index contributed by atoms with van der Waals surface area (Å²) < 4.78 is 0. The van der Waals surface area contributed by atoms with Crippen molar-refractivity contribution >= 4 is 0 Å². The van der Waals surface area contributed by atoms with Gasteiger partial charge in [0.1, 0.15) is 0 Å². The summed E-state index contributed by atoms with van der Waals surface area (Å²) in [5.41, 5.74) is 0. The second-order valence-electron chi connectivity index (χ2n) is 3.15. The molecule has 0 N–H and O–H groups in total. The van der Waals surface area contributed by atoms with Crippen LogP contribution in [0, 0.1) is 37.3 Å². The number of hydrogen-bond donors (Lipinski definition) is 0. The molecule has 0 saturated heterocycles. The molecule has 0 spiro atoms. The first-order valence-corrected chi connectivity index (χ1v) is 4.17. The molecule has 3 nitrogen and oxygen atoms in total. The van der Waals surface area contributed by atoms with Crippen molar-refractivity contribution in [1.82, 2.24) is 0 Å². The summed E-state index contributed by atoms with van der Waals surface area (Å²) in [5, 5.41) is 28.6. The molecule has 0 aromatic heterocycles. The topological polar surface area (TPSA) is 69.2 Å². The maximum Gasteiger partial charge on any atom is 3.00 e. The molecule has 0 aliphatic heterocycles. The second kappa shape index (κ2) is 18.8. The Kier molecular flexibility index (Phi) is 34.4. The average molecular weight is 345 g/mol. The first-order valence-electron chi connectivity index (χ1n) is 4.17. The van der Waals surface area contributed by atoms with E-state index in [1.54, 1.807) is 41.5 Å². The van der Waals surface area contributed by atoms with E-state index in [1.807, 2.05) is 0 Å². The fraction of sp³-hybridized carbons (Fsp3) is 1.00. The molecule has 13 heavy (non-hydrogen) atoms. The van der Waals surface area contributed by atoms with E-state index in [0.717, 1.165) is 0 Å². The standard InChI is InChI=1S/3C3H7O.Er/c3*1-3(2)4;/h3*3H,1-2H3;/q3*-1;+3. The first-order chi connectivity index (χ1) is 5.20. The van der Waals surface area contributed by atoms with Crippen molar-refractivity contribution in [2.24, 2.45) is 0 Å². The van der Waals surface area contributed by atoms with E-state index >= 15 is 0 Å². The normalized spacial score (nSPS) is 8.31. The van der Waals surface area contributed by atoms with Gasteiger partial charge in [-0.2, -0.15) is 0 Å². The maximum atomic E-state index is 9.53. The quantitative estimate of drug-likeness (QED) is 0.581. The van der Waals surface area contributed by atoms with Crippen LogP contribution in [-0.2, 0) is 0 Å². The SMILES string of the molecule is CC(C)[O-].CC(C)[O-].CC(C)[O-].[Er+3]. The van der Waals surface area contributed by atoms with Crippen LogP contribution in [0.1, 0.15) is 41.5 Å². The van der Waals surface area contributed by atoms with Gasteiger partial charge in [0, 0.05) is 0 Å². The Bertz CT molecular complexity index is 43.4. The fourth-order valence-corrected chi connectivity index (χ4v) is 0. The predicted octanol–water partition coefficient (Wildman–Crippen LogP) is -0.735. The molecule has 0 fully saturated rings. The first kappa shape index (κ1) is 23.7. The third-order valence-corrected chi connectivity index (χ3v) is 0. The minimum Gasteiger partial charge on any atom is -0.852 e. The van der Waals surface area contributed by atoms with Crippen LogP contribution in [0.3, 0.4) is 0 Å². The van der Waals surface area contributed by atoms with E-state index in [2.05, 4.69) is 0 Å². The Morgan fingerprint density at radius 3 is 0.538 bits per heavy atom. The van der Waals surface area contributed by atoms with Crippen LogP contribution < -0.4 is 15.3 Å². The summed E-state index contributed by atoms with van der Waals surface area (Å²) in [7, 11) is 0. The summed E-state index contributed by atoms with van der Waals surface area (Å²) in [6.45, 7) is 9.67. The van der Waals surface area contributed by atoms with Gasteiger partial charge in [-0.1, -0.05) is 41.5 Å². The predicted molar refractivity (Wildman–Crippen MR) is 45.4 cm³/mol. The molecule has 0 aliphatic carbocycles. The molecule has 0 amide bonds. The molecule has 0 aromatic rings. The monoisotopic (exact) mass is 343 g/mol. The molecule has 0 aliphatic rings. The van der Waals surface area contributed by atoms with Gasteiger partial charge < -0.3 is 15.3 Å². The van der Waals surface area contributed by atoms with Gasteiger partial charge in [-0.15, -0.1) is 18.3 Å². The van der Waals surface area contributed by atoms with Crippen LogP contribution in [0.25, 0.3) is 0 Å². The Hall–Kier alpha value is 1.13. The largest absolute Gasteiger partial charge is 3.00 e. The molecule has 1 radical (unpaired) electrons. The van der Waals surface area contributed by atoms with Crippen LogP contribution >= 0.6 is 0 Å². The molecule has 0 saturated carbocycles. The Morgan fingerprint density at radius 2 is 0.538 bits per heavy atom. The van der Waals surface area contributed by atoms with Gasteiger partial charge in [0.2, 0.25) is 0 Å². The Balaban J connectivity index is -0.0000000450. The molecule has 0 unspecified atom stereocenters. The van der Waals surface area contributed by atoms with E-state index in [4.69, 9.17) is 0 Å². The molecule has 0 aromatic carbocycles. The molecule has 0 heterocycles. The van der Waals surface area contributed by atoms with Crippen LogP contribution in [0.5, 0.6) is 0 Å². The maximum absolute atomic E-state index is 9.53. The third kappa shape index (κ3) is 1280. The van der Waals surface area contributed by atoms with Crippen molar-refractivity contribution in [3.63, 3.8) is 0 Å². The van der Waals surface area contributed by atoms with Crippen molar-refractivity contribution in [3.05, 3.63) is 0 Å². The molecule has 0 rings (SSSR count). The van der Waals surface area contributed by atoms with Crippen LogP contribution in [-0.4, -0.2) is 18.3 Å². The smallest absolute Gasteiger partial charge is 0.852 e. The summed E-state index contributed by atoms with van der Waals surface area (Å²) in [4.78, 5) is 0. The van der Waals surface area contributed by atoms with E-state index < -0.39 is 18.3 Å². The number of hydrogen-bond acceptors (Lipinski definition) is 3. The summed E-state index contributed by atoms with van der Waals surface area (Å²) in [5.74, 6) is 0. The summed E-state index contributed by atoms with van der Waals surface area (Å²) >= 11 is 0.